The van der Waals surface area contributed by atoms with E-state index in [2.05, 4.69) is 25.6 Å². The topological polar surface area (TPSA) is 137 Å². The van der Waals surface area contributed by atoms with Gasteiger partial charge < -0.3 is 15.6 Å². The number of hydrogen-bond acceptors (Lipinski definition) is 6. The number of nitrogens with one attached hydrogen (secondary N) is 4. The lowest BCUT2D eigenvalue weighted by atomic mass is 10.1. The summed E-state index contributed by atoms with van der Waals surface area (Å²) in [6, 6.07) is 0. The van der Waals surface area contributed by atoms with Crippen molar-refractivity contribution in [2.75, 3.05) is 12.4 Å². The minimum Gasteiger partial charge on any atom is -0.359 e. The highest BCUT2D eigenvalue weighted by Gasteiger charge is 2.13. The molecule has 0 atom stereocenters. The second-order valence-electron chi connectivity index (χ2n) is 4.73. The molecular weight excluding hydrogens is 322 g/mol. The van der Waals surface area contributed by atoms with E-state index in [4.69, 9.17) is 0 Å². The van der Waals surface area contributed by atoms with E-state index in [-0.39, 0.29) is 24.3 Å². The van der Waals surface area contributed by atoms with Crippen LogP contribution < -0.4 is 21.9 Å². The van der Waals surface area contributed by atoms with Gasteiger partial charge in [0.05, 0.1) is 18.5 Å². The number of anilines is 1. The van der Waals surface area contributed by atoms with Crippen molar-refractivity contribution in [3.63, 3.8) is 0 Å². The van der Waals surface area contributed by atoms with Crippen LogP contribution in [0.1, 0.15) is 17.0 Å². The summed E-state index contributed by atoms with van der Waals surface area (Å²) in [4.78, 5) is 54.7. The van der Waals surface area contributed by atoms with Gasteiger partial charge in [-0.1, -0.05) is 0 Å². The van der Waals surface area contributed by atoms with Gasteiger partial charge in [-0.2, -0.15) is 0 Å². The fourth-order valence-electron chi connectivity index (χ4n) is 1.86. The number of thiazole rings is 1. The van der Waals surface area contributed by atoms with Gasteiger partial charge in [0.25, 0.3) is 5.56 Å². The number of aromatic nitrogens is 3. The maximum absolute atomic E-state index is 12.0. The molecule has 2 amide bonds. The van der Waals surface area contributed by atoms with Crippen LogP contribution in [0.4, 0.5) is 5.13 Å². The van der Waals surface area contributed by atoms with Crippen molar-refractivity contribution in [2.45, 2.75) is 19.8 Å². The molecule has 10 heteroatoms. The highest BCUT2D eigenvalue weighted by molar-refractivity contribution is 7.13. The molecule has 0 aliphatic carbocycles. The number of amides is 2. The highest BCUT2D eigenvalue weighted by atomic mass is 32.1. The smallest absolute Gasteiger partial charge is 0.325 e. The fraction of sp³-hybridized carbons (Fsp3) is 0.308. The number of H-pyrrole nitrogens is 2. The third kappa shape index (κ3) is 4.36. The fourth-order valence-corrected chi connectivity index (χ4v) is 2.59. The number of carbonyl (C=O) groups is 2. The Morgan fingerprint density at radius 1 is 1.22 bits per heavy atom. The molecule has 0 spiro atoms. The van der Waals surface area contributed by atoms with Gasteiger partial charge in [0.15, 0.2) is 5.13 Å². The standard InChI is InChI=1S/C13H15N5O4S/c1-6-8(11(21)18-12(22)15-6)4-10(20)17-13-16-7(5-23-13)3-9(19)14-2/h5H,3-4H2,1-2H3,(H,14,19)(H,16,17,20)(H2,15,18,21,22). The highest BCUT2D eigenvalue weighted by Crippen LogP contribution is 2.16. The van der Waals surface area contributed by atoms with Crippen LogP contribution in [-0.4, -0.2) is 33.8 Å². The molecule has 2 aromatic rings. The zero-order chi connectivity index (χ0) is 17.0. The molecule has 23 heavy (non-hydrogen) atoms. The van der Waals surface area contributed by atoms with Crippen LogP contribution in [0, 0.1) is 6.92 Å². The summed E-state index contributed by atoms with van der Waals surface area (Å²) < 4.78 is 0. The molecule has 0 radical (unpaired) electrons. The summed E-state index contributed by atoms with van der Waals surface area (Å²) in [7, 11) is 1.53. The van der Waals surface area contributed by atoms with Gasteiger partial charge in [-0.25, -0.2) is 9.78 Å². The first-order chi connectivity index (χ1) is 10.9. The summed E-state index contributed by atoms with van der Waals surface area (Å²) >= 11 is 1.18. The second kappa shape index (κ2) is 7.01. The van der Waals surface area contributed by atoms with Crippen molar-refractivity contribution >= 4 is 28.3 Å². The molecule has 0 aromatic carbocycles. The third-order valence-corrected chi connectivity index (χ3v) is 3.82. The molecule has 0 fully saturated rings. The first-order valence-electron chi connectivity index (χ1n) is 6.66. The van der Waals surface area contributed by atoms with Crippen LogP contribution >= 0.6 is 11.3 Å². The summed E-state index contributed by atoms with van der Waals surface area (Å²) in [6.07, 6.45) is -0.0656. The normalized spacial score (nSPS) is 10.3. The molecule has 0 aliphatic rings. The van der Waals surface area contributed by atoms with E-state index in [1.54, 1.807) is 12.3 Å². The van der Waals surface area contributed by atoms with E-state index >= 15 is 0 Å². The minimum atomic E-state index is -0.615. The van der Waals surface area contributed by atoms with Gasteiger partial charge in [-0.05, 0) is 6.92 Å². The van der Waals surface area contributed by atoms with Gasteiger partial charge in [-0.15, -0.1) is 11.3 Å². The first kappa shape index (κ1) is 16.6. The molecule has 0 bridgehead atoms. The molecule has 0 unspecified atom stereocenters. The Morgan fingerprint density at radius 2 is 1.96 bits per heavy atom. The lowest BCUT2D eigenvalue weighted by Gasteiger charge is -2.04. The predicted molar refractivity (Wildman–Crippen MR) is 84.6 cm³/mol. The van der Waals surface area contributed by atoms with Crippen LogP contribution in [-0.2, 0) is 22.4 Å². The monoisotopic (exact) mass is 337 g/mol. The van der Waals surface area contributed by atoms with E-state index in [0.29, 0.717) is 16.5 Å². The van der Waals surface area contributed by atoms with Crippen molar-refractivity contribution < 1.29 is 9.59 Å². The molecule has 0 aliphatic heterocycles. The van der Waals surface area contributed by atoms with Crippen molar-refractivity contribution in [1.82, 2.24) is 20.3 Å². The van der Waals surface area contributed by atoms with Crippen molar-refractivity contribution in [3.8, 4) is 0 Å². The molecule has 0 saturated carbocycles. The Morgan fingerprint density at radius 3 is 2.61 bits per heavy atom. The zero-order valence-corrected chi connectivity index (χ0v) is 13.3. The van der Waals surface area contributed by atoms with E-state index in [1.165, 1.54) is 18.4 Å². The van der Waals surface area contributed by atoms with E-state index < -0.39 is 17.2 Å². The van der Waals surface area contributed by atoms with Crippen molar-refractivity contribution in [1.29, 1.82) is 0 Å². The number of likely N-dealkylation sites (N-methyl/N-ethyl adjacent to an activating group) is 1. The van der Waals surface area contributed by atoms with Crippen molar-refractivity contribution in [3.05, 3.63) is 43.2 Å². The van der Waals surface area contributed by atoms with Crippen LogP contribution in [0.5, 0.6) is 0 Å². The minimum absolute atomic E-state index is 0.127. The van der Waals surface area contributed by atoms with Crippen LogP contribution in [0.25, 0.3) is 0 Å². The Hall–Kier alpha value is -2.75. The molecule has 9 nitrogen and oxygen atoms in total. The summed E-state index contributed by atoms with van der Waals surface area (Å²) in [6.45, 7) is 1.55. The molecule has 4 N–H and O–H groups in total. The Labute approximate surface area is 134 Å². The maximum atomic E-state index is 12.0. The third-order valence-electron chi connectivity index (χ3n) is 3.01. The van der Waals surface area contributed by atoms with Crippen LogP contribution in [0.2, 0.25) is 0 Å². The predicted octanol–water partition coefficient (Wildman–Crippen LogP) is -0.702. The summed E-state index contributed by atoms with van der Waals surface area (Å²) in [5.74, 6) is -0.616. The summed E-state index contributed by atoms with van der Waals surface area (Å²) in [5, 5.41) is 7.06. The van der Waals surface area contributed by atoms with Crippen molar-refractivity contribution in [2.24, 2.45) is 0 Å². The molecule has 122 valence electrons. The molecular formula is C13H15N5O4S. The number of aromatic amines is 2. The Balaban J connectivity index is 2.05. The van der Waals surface area contributed by atoms with E-state index in [1.807, 2.05) is 0 Å². The quantitative estimate of drug-likeness (QED) is 0.572. The lowest BCUT2D eigenvalue weighted by Crippen LogP contribution is -2.29. The van der Waals surface area contributed by atoms with Gasteiger partial charge in [-0.3, -0.25) is 19.4 Å². The lowest BCUT2D eigenvalue weighted by molar-refractivity contribution is -0.120. The largest absolute Gasteiger partial charge is 0.359 e. The van der Waals surface area contributed by atoms with Gasteiger partial charge >= 0.3 is 5.69 Å². The van der Waals surface area contributed by atoms with Gasteiger partial charge in [0.2, 0.25) is 11.8 Å². The molecule has 2 rings (SSSR count). The van der Waals surface area contributed by atoms with Gasteiger partial charge in [0.1, 0.15) is 0 Å². The average Bonchev–Trinajstić information content (AvgIpc) is 2.89. The number of nitrogens with zero attached hydrogens (tertiary/aromatic N) is 1. The molecule has 0 saturated heterocycles. The SMILES string of the molecule is CNC(=O)Cc1csc(NC(=O)Cc2c(C)[nH]c(=O)[nH]c2=O)n1. The number of carbonyl (C=O) groups excluding carboxylic acids is 2. The van der Waals surface area contributed by atoms with Gasteiger partial charge in [0, 0.05) is 23.7 Å². The Kier molecular flexibility index (Phi) is 5.06. The zero-order valence-electron chi connectivity index (χ0n) is 12.5. The number of rotatable bonds is 5. The second-order valence-corrected chi connectivity index (χ2v) is 5.59. The average molecular weight is 337 g/mol. The van der Waals surface area contributed by atoms with E-state index in [9.17, 15) is 19.2 Å². The molecule has 2 aromatic heterocycles. The van der Waals surface area contributed by atoms with Crippen LogP contribution in [0.3, 0.4) is 0 Å². The Bertz CT molecular complexity index is 851. The number of hydrogen-bond donors (Lipinski definition) is 4. The number of aryl methyl sites for hydroxylation is 1. The molecule has 2 heterocycles. The maximum Gasteiger partial charge on any atom is 0.325 e. The van der Waals surface area contributed by atoms with Crippen LogP contribution in [0.15, 0.2) is 15.0 Å². The first-order valence-corrected chi connectivity index (χ1v) is 7.54. The van der Waals surface area contributed by atoms with E-state index in [0.717, 1.165) is 0 Å². The summed E-state index contributed by atoms with van der Waals surface area (Å²) in [5.41, 5.74) is -0.142.